The molecule has 3 rings (SSSR count). The number of hydrogen-bond donors (Lipinski definition) is 2. The number of carbonyl (C=O) groups is 1. The number of benzene rings is 1. The fraction of sp³-hybridized carbons (Fsp3) is 0.632. The summed E-state index contributed by atoms with van der Waals surface area (Å²) in [5.41, 5.74) is 1.17. The molecular weight excluding hydrogens is 272 g/mol. The van der Waals surface area contributed by atoms with Gasteiger partial charge < -0.3 is 10.6 Å². The Morgan fingerprint density at radius 1 is 1.32 bits per heavy atom. The predicted octanol–water partition coefficient (Wildman–Crippen LogP) is 3.21. The molecule has 1 aliphatic carbocycles. The summed E-state index contributed by atoms with van der Waals surface area (Å²) in [6.07, 6.45) is 6.50. The minimum absolute atomic E-state index is 0.0944. The van der Waals surface area contributed by atoms with Crippen LogP contribution in [0.3, 0.4) is 0 Å². The van der Waals surface area contributed by atoms with E-state index in [2.05, 4.69) is 41.8 Å². The fourth-order valence-electron chi connectivity index (χ4n) is 3.91. The van der Waals surface area contributed by atoms with E-state index in [0.29, 0.717) is 18.3 Å². The zero-order valence-electron chi connectivity index (χ0n) is 13.6. The van der Waals surface area contributed by atoms with Crippen LogP contribution < -0.4 is 10.6 Å². The Balaban J connectivity index is 1.58. The molecular formula is C19H28N2O. The summed E-state index contributed by atoms with van der Waals surface area (Å²) in [7, 11) is 0. The molecule has 2 unspecified atom stereocenters. The van der Waals surface area contributed by atoms with Crippen molar-refractivity contribution in [2.24, 2.45) is 11.8 Å². The largest absolute Gasteiger partial charge is 0.347 e. The van der Waals surface area contributed by atoms with Crippen molar-refractivity contribution in [2.75, 3.05) is 13.1 Å². The highest BCUT2D eigenvalue weighted by Gasteiger charge is 2.40. The summed E-state index contributed by atoms with van der Waals surface area (Å²) in [6.45, 7) is 4.43. The van der Waals surface area contributed by atoms with Gasteiger partial charge >= 0.3 is 0 Å². The van der Waals surface area contributed by atoms with Crippen molar-refractivity contribution >= 4 is 5.91 Å². The molecule has 2 fully saturated rings. The molecule has 0 bridgehead atoms. The lowest BCUT2D eigenvalue weighted by Gasteiger charge is -2.43. The Hall–Kier alpha value is -1.35. The van der Waals surface area contributed by atoms with E-state index in [-0.39, 0.29) is 11.4 Å². The molecule has 1 saturated heterocycles. The second kappa shape index (κ2) is 6.82. The van der Waals surface area contributed by atoms with Gasteiger partial charge in [-0.2, -0.15) is 0 Å². The molecule has 3 nitrogen and oxygen atoms in total. The van der Waals surface area contributed by atoms with E-state index in [1.165, 1.54) is 24.8 Å². The number of hydrogen-bond acceptors (Lipinski definition) is 2. The maximum atomic E-state index is 12.5. The molecule has 0 radical (unpaired) electrons. The zero-order valence-corrected chi connectivity index (χ0v) is 13.6. The van der Waals surface area contributed by atoms with Crippen LogP contribution in [0, 0.1) is 11.8 Å². The molecule has 2 aliphatic rings. The highest BCUT2D eigenvalue weighted by Crippen LogP contribution is 2.41. The average molecular weight is 300 g/mol. The Morgan fingerprint density at radius 3 is 2.68 bits per heavy atom. The Kier molecular flexibility index (Phi) is 4.82. The van der Waals surface area contributed by atoms with Crippen molar-refractivity contribution in [3.8, 4) is 0 Å². The summed E-state index contributed by atoms with van der Waals surface area (Å²) in [4.78, 5) is 12.5. The highest BCUT2D eigenvalue weighted by molar-refractivity contribution is 5.77. The molecule has 120 valence electrons. The molecule has 0 aromatic heterocycles. The van der Waals surface area contributed by atoms with Gasteiger partial charge in [-0.25, -0.2) is 0 Å². The number of carbonyl (C=O) groups excluding carboxylic acids is 1. The molecule has 1 aromatic rings. The van der Waals surface area contributed by atoms with Crippen LogP contribution in [0.4, 0.5) is 0 Å². The van der Waals surface area contributed by atoms with Gasteiger partial charge in [0.1, 0.15) is 0 Å². The van der Waals surface area contributed by atoms with Crippen molar-refractivity contribution in [1.82, 2.24) is 10.6 Å². The van der Waals surface area contributed by atoms with Crippen LogP contribution in [0.1, 0.15) is 51.0 Å². The molecule has 1 aliphatic heterocycles. The first-order valence-corrected chi connectivity index (χ1v) is 8.77. The Bertz CT molecular complexity index is 489. The van der Waals surface area contributed by atoms with E-state index in [1.807, 2.05) is 6.07 Å². The first-order chi connectivity index (χ1) is 10.7. The van der Waals surface area contributed by atoms with Crippen molar-refractivity contribution < 1.29 is 4.79 Å². The summed E-state index contributed by atoms with van der Waals surface area (Å²) in [6, 6.07) is 10.5. The van der Waals surface area contributed by atoms with Crippen molar-refractivity contribution in [3.05, 3.63) is 35.9 Å². The lowest BCUT2D eigenvalue weighted by molar-refractivity contribution is -0.125. The van der Waals surface area contributed by atoms with E-state index in [9.17, 15) is 4.79 Å². The van der Waals surface area contributed by atoms with Gasteiger partial charge in [0.2, 0.25) is 5.91 Å². The quantitative estimate of drug-likeness (QED) is 0.876. The molecule has 1 heterocycles. The molecule has 0 spiro atoms. The van der Waals surface area contributed by atoms with Crippen molar-refractivity contribution in [3.63, 3.8) is 0 Å². The Labute approximate surface area is 133 Å². The van der Waals surface area contributed by atoms with Crippen molar-refractivity contribution in [2.45, 2.75) is 51.0 Å². The molecule has 1 amide bonds. The van der Waals surface area contributed by atoms with Crippen LogP contribution in [0.15, 0.2) is 30.3 Å². The number of rotatable bonds is 5. The highest BCUT2D eigenvalue weighted by atomic mass is 16.1. The van der Waals surface area contributed by atoms with E-state index in [4.69, 9.17) is 0 Å². The predicted molar refractivity (Wildman–Crippen MR) is 89.5 cm³/mol. The molecule has 2 N–H and O–H groups in total. The zero-order chi connectivity index (χ0) is 15.4. The number of nitrogens with one attached hydrogen (secondary N) is 2. The van der Waals surface area contributed by atoms with E-state index in [1.54, 1.807) is 0 Å². The van der Waals surface area contributed by atoms with Gasteiger partial charge in [0.05, 0.1) is 5.54 Å². The third kappa shape index (κ3) is 3.35. The lowest BCUT2D eigenvalue weighted by atomic mass is 9.71. The normalized spacial score (nSPS) is 25.0. The van der Waals surface area contributed by atoms with Gasteiger partial charge in [-0.3, -0.25) is 4.79 Å². The van der Waals surface area contributed by atoms with Gasteiger partial charge in [0.25, 0.3) is 0 Å². The maximum Gasteiger partial charge on any atom is 0.220 e. The van der Waals surface area contributed by atoms with E-state index in [0.717, 1.165) is 25.9 Å². The third-order valence-corrected chi connectivity index (χ3v) is 5.56. The van der Waals surface area contributed by atoms with E-state index < -0.39 is 0 Å². The SMILES string of the molecule is CC(CC(=O)NC1(c2ccccc2)CCC1)C1CCCNC1. The molecule has 1 aromatic carbocycles. The van der Waals surface area contributed by atoms with Crippen LogP contribution >= 0.6 is 0 Å². The smallest absolute Gasteiger partial charge is 0.220 e. The van der Waals surface area contributed by atoms with Crippen LogP contribution in [0.2, 0.25) is 0 Å². The standard InChI is InChI=1S/C19H28N2O/c1-15(16-7-5-12-20-14-16)13-18(22)21-19(10-6-11-19)17-8-3-2-4-9-17/h2-4,8-9,15-16,20H,5-7,10-14H2,1H3,(H,21,22). The number of piperidine rings is 1. The van der Waals surface area contributed by atoms with Crippen LogP contribution in [0.5, 0.6) is 0 Å². The topological polar surface area (TPSA) is 41.1 Å². The first kappa shape index (κ1) is 15.5. The minimum atomic E-state index is -0.0944. The summed E-state index contributed by atoms with van der Waals surface area (Å²) < 4.78 is 0. The van der Waals surface area contributed by atoms with Crippen LogP contribution in [-0.2, 0) is 10.3 Å². The van der Waals surface area contributed by atoms with Gasteiger partial charge in [-0.15, -0.1) is 0 Å². The average Bonchev–Trinajstić information content (AvgIpc) is 2.52. The van der Waals surface area contributed by atoms with Crippen molar-refractivity contribution in [1.29, 1.82) is 0 Å². The summed E-state index contributed by atoms with van der Waals surface area (Å²) in [5, 5.41) is 6.81. The second-order valence-electron chi connectivity index (χ2n) is 7.14. The van der Waals surface area contributed by atoms with Crippen LogP contribution in [0.25, 0.3) is 0 Å². The van der Waals surface area contributed by atoms with Gasteiger partial charge in [0, 0.05) is 6.42 Å². The molecule has 3 heteroatoms. The third-order valence-electron chi connectivity index (χ3n) is 5.56. The lowest BCUT2D eigenvalue weighted by Crippen LogP contribution is -2.51. The van der Waals surface area contributed by atoms with Gasteiger partial charge in [-0.1, -0.05) is 37.3 Å². The Morgan fingerprint density at radius 2 is 2.09 bits per heavy atom. The molecule has 2 atom stereocenters. The van der Waals surface area contributed by atoms with Crippen LogP contribution in [-0.4, -0.2) is 19.0 Å². The fourth-order valence-corrected chi connectivity index (χ4v) is 3.91. The molecule has 22 heavy (non-hydrogen) atoms. The summed E-state index contributed by atoms with van der Waals surface area (Å²) in [5.74, 6) is 1.33. The second-order valence-corrected chi connectivity index (χ2v) is 7.14. The van der Waals surface area contributed by atoms with Gasteiger partial charge in [-0.05, 0) is 62.6 Å². The molecule has 1 saturated carbocycles. The number of amides is 1. The minimum Gasteiger partial charge on any atom is -0.347 e. The first-order valence-electron chi connectivity index (χ1n) is 8.77. The van der Waals surface area contributed by atoms with Gasteiger partial charge in [0.15, 0.2) is 0 Å². The summed E-state index contributed by atoms with van der Waals surface area (Å²) >= 11 is 0. The maximum absolute atomic E-state index is 12.5. The van der Waals surface area contributed by atoms with E-state index >= 15 is 0 Å². The monoisotopic (exact) mass is 300 g/mol.